The summed E-state index contributed by atoms with van der Waals surface area (Å²) < 4.78 is 0. The summed E-state index contributed by atoms with van der Waals surface area (Å²) in [6, 6.07) is 4.18. The van der Waals surface area contributed by atoms with Crippen LogP contribution in [-0.2, 0) is 0 Å². The molecular formula is C11H16N2OS. The van der Waals surface area contributed by atoms with Gasteiger partial charge >= 0.3 is 0 Å². The van der Waals surface area contributed by atoms with Crippen LogP contribution in [0.4, 0.5) is 0 Å². The highest BCUT2D eigenvalue weighted by Crippen LogP contribution is 2.15. The van der Waals surface area contributed by atoms with Gasteiger partial charge in [-0.05, 0) is 38.4 Å². The highest BCUT2D eigenvalue weighted by molar-refractivity contribution is 7.13. The highest BCUT2D eigenvalue weighted by Gasteiger charge is 2.16. The molecule has 1 aromatic heterocycles. The quantitative estimate of drug-likeness (QED) is 0.800. The fourth-order valence-corrected chi connectivity index (χ4v) is 2.56. The first-order valence-electron chi connectivity index (χ1n) is 5.34. The van der Waals surface area contributed by atoms with Gasteiger partial charge in [-0.25, -0.2) is 0 Å². The Balaban J connectivity index is 1.91. The third-order valence-corrected chi connectivity index (χ3v) is 3.60. The number of amides is 1. The third-order valence-electron chi connectivity index (χ3n) is 2.60. The predicted octanol–water partition coefficient (Wildman–Crippen LogP) is 1.54. The Morgan fingerprint density at radius 1 is 1.60 bits per heavy atom. The Morgan fingerprint density at radius 2 is 2.47 bits per heavy atom. The molecule has 2 N–H and O–H groups in total. The zero-order valence-corrected chi connectivity index (χ0v) is 9.69. The van der Waals surface area contributed by atoms with E-state index in [-0.39, 0.29) is 5.91 Å². The van der Waals surface area contributed by atoms with Crippen molar-refractivity contribution in [2.24, 2.45) is 0 Å². The van der Waals surface area contributed by atoms with Crippen LogP contribution in [0.5, 0.6) is 0 Å². The molecule has 2 heterocycles. The van der Waals surface area contributed by atoms with Crippen LogP contribution >= 0.6 is 11.3 Å². The molecular weight excluding hydrogens is 208 g/mol. The fraction of sp³-hybridized carbons (Fsp3) is 0.545. The van der Waals surface area contributed by atoms with E-state index in [0.717, 1.165) is 30.8 Å². The zero-order chi connectivity index (χ0) is 10.7. The van der Waals surface area contributed by atoms with Crippen molar-refractivity contribution in [3.8, 4) is 0 Å². The summed E-state index contributed by atoms with van der Waals surface area (Å²) in [4.78, 5) is 13.8. The van der Waals surface area contributed by atoms with Gasteiger partial charge in [0.2, 0.25) is 0 Å². The molecule has 1 aromatic rings. The molecule has 2 rings (SSSR count). The molecule has 3 nitrogen and oxygen atoms in total. The lowest BCUT2D eigenvalue weighted by molar-refractivity contribution is 0.0935. The molecule has 15 heavy (non-hydrogen) atoms. The summed E-state index contributed by atoms with van der Waals surface area (Å²) >= 11 is 1.55. The van der Waals surface area contributed by atoms with Gasteiger partial charge < -0.3 is 10.6 Å². The Labute approximate surface area is 93.9 Å². The van der Waals surface area contributed by atoms with Crippen LogP contribution in [0.2, 0.25) is 0 Å². The smallest absolute Gasteiger partial charge is 0.261 e. The zero-order valence-electron chi connectivity index (χ0n) is 8.88. The van der Waals surface area contributed by atoms with Crippen molar-refractivity contribution >= 4 is 17.2 Å². The fourth-order valence-electron chi connectivity index (χ4n) is 1.79. The first kappa shape index (κ1) is 10.6. The van der Waals surface area contributed by atoms with E-state index in [9.17, 15) is 4.79 Å². The van der Waals surface area contributed by atoms with Crippen LogP contribution in [0.15, 0.2) is 12.1 Å². The number of carbonyl (C=O) groups is 1. The van der Waals surface area contributed by atoms with Crippen LogP contribution in [0.3, 0.4) is 0 Å². The van der Waals surface area contributed by atoms with E-state index in [4.69, 9.17) is 0 Å². The van der Waals surface area contributed by atoms with Gasteiger partial charge in [-0.3, -0.25) is 4.79 Å². The van der Waals surface area contributed by atoms with Gasteiger partial charge in [0.1, 0.15) is 0 Å². The Kier molecular flexibility index (Phi) is 3.38. The molecule has 82 valence electrons. The molecule has 0 unspecified atom stereocenters. The minimum Gasteiger partial charge on any atom is -0.347 e. The summed E-state index contributed by atoms with van der Waals surface area (Å²) in [5.41, 5.74) is 0. The second kappa shape index (κ2) is 4.77. The molecule has 0 aromatic carbocycles. The van der Waals surface area contributed by atoms with E-state index in [1.807, 2.05) is 19.1 Å². The Morgan fingerprint density at radius 3 is 3.07 bits per heavy atom. The molecule has 1 aliphatic rings. The number of nitrogens with one attached hydrogen (secondary N) is 2. The lowest BCUT2D eigenvalue weighted by Crippen LogP contribution is -2.45. The molecule has 1 fully saturated rings. The minimum atomic E-state index is 0.0711. The van der Waals surface area contributed by atoms with Crippen LogP contribution in [0, 0.1) is 6.92 Å². The lowest BCUT2D eigenvalue weighted by atomic mass is 10.1. The van der Waals surface area contributed by atoms with Gasteiger partial charge in [-0.15, -0.1) is 11.3 Å². The standard InChI is InChI=1S/C11H16N2OS/c1-8-4-5-10(15-8)11(14)13-9-3-2-6-12-7-9/h4-5,9,12H,2-3,6-7H2,1H3,(H,13,14)/t9-/m1/s1. The van der Waals surface area contributed by atoms with Gasteiger partial charge in [0, 0.05) is 17.5 Å². The Bertz CT molecular complexity index is 342. The summed E-state index contributed by atoms with van der Waals surface area (Å²) in [6.45, 7) is 3.99. The number of rotatable bonds is 2. The highest BCUT2D eigenvalue weighted by atomic mass is 32.1. The molecule has 0 aliphatic carbocycles. The number of thiophene rings is 1. The van der Waals surface area contributed by atoms with Gasteiger partial charge in [0.05, 0.1) is 4.88 Å². The molecule has 0 saturated carbocycles. The topological polar surface area (TPSA) is 41.1 Å². The first-order valence-corrected chi connectivity index (χ1v) is 6.15. The number of aryl methyl sites for hydroxylation is 1. The molecule has 4 heteroatoms. The van der Waals surface area contributed by atoms with E-state index < -0.39 is 0 Å². The van der Waals surface area contributed by atoms with Crippen molar-refractivity contribution < 1.29 is 4.79 Å². The lowest BCUT2D eigenvalue weighted by Gasteiger charge is -2.23. The normalized spacial score (nSPS) is 21.3. The number of piperidine rings is 1. The number of hydrogen-bond acceptors (Lipinski definition) is 3. The van der Waals surface area contributed by atoms with Crippen molar-refractivity contribution in [2.75, 3.05) is 13.1 Å². The maximum absolute atomic E-state index is 11.8. The van der Waals surface area contributed by atoms with Crippen molar-refractivity contribution in [1.82, 2.24) is 10.6 Å². The maximum atomic E-state index is 11.8. The summed E-state index contributed by atoms with van der Waals surface area (Å²) in [5.74, 6) is 0.0711. The average Bonchev–Trinajstić information content (AvgIpc) is 2.66. The van der Waals surface area contributed by atoms with E-state index in [0.29, 0.717) is 6.04 Å². The Hall–Kier alpha value is -0.870. The second-order valence-corrected chi connectivity index (χ2v) is 5.21. The van der Waals surface area contributed by atoms with E-state index in [2.05, 4.69) is 10.6 Å². The van der Waals surface area contributed by atoms with Crippen LogP contribution in [-0.4, -0.2) is 25.0 Å². The minimum absolute atomic E-state index is 0.0711. The van der Waals surface area contributed by atoms with Crippen molar-refractivity contribution in [3.05, 3.63) is 21.9 Å². The maximum Gasteiger partial charge on any atom is 0.261 e. The monoisotopic (exact) mass is 224 g/mol. The molecule has 1 atom stereocenters. The first-order chi connectivity index (χ1) is 7.25. The van der Waals surface area contributed by atoms with E-state index in [1.165, 1.54) is 4.88 Å². The predicted molar refractivity (Wildman–Crippen MR) is 62.4 cm³/mol. The van der Waals surface area contributed by atoms with Crippen LogP contribution < -0.4 is 10.6 Å². The van der Waals surface area contributed by atoms with Crippen molar-refractivity contribution in [3.63, 3.8) is 0 Å². The molecule has 1 aliphatic heterocycles. The molecule has 1 saturated heterocycles. The third kappa shape index (κ3) is 2.79. The number of hydrogen-bond donors (Lipinski definition) is 2. The van der Waals surface area contributed by atoms with E-state index in [1.54, 1.807) is 11.3 Å². The van der Waals surface area contributed by atoms with Gasteiger partial charge in [-0.2, -0.15) is 0 Å². The molecule has 1 amide bonds. The van der Waals surface area contributed by atoms with Gasteiger partial charge in [0.15, 0.2) is 0 Å². The summed E-state index contributed by atoms with van der Waals surface area (Å²) in [7, 11) is 0. The second-order valence-electron chi connectivity index (χ2n) is 3.93. The average molecular weight is 224 g/mol. The van der Waals surface area contributed by atoms with E-state index >= 15 is 0 Å². The van der Waals surface area contributed by atoms with Gasteiger partial charge in [-0.1, -0.05) is 0 Å². The summed E-state index contributed by atoms with van der Waals surface area (Å²) in [6.07, 6.45) is 2.23. The molecule has 0 spiro atoms. The van der Waals surface area contributed by atoms with Crippen molar-refractivity contribution in [1.29, 1.82) is 0 Å². The molecule has 0 bridgehead atoms. The molecule has 0 radical (unpaired) electrons. The SMILES string of the molecule is Cc1ccc(C(=O)N[C@@H]2CCCNC2)s1. The van der Waals surface area contributed by atoms with Crippen LogP contribution in [0.25, 0.3) is 0 Å². The largest absolute Gasteiger partial charge is 0.347 e. The van der Waals surface area contributed by atoms with Crippen LogP contribution in [0.1, 0.15) is 27.4 Å². The summed E-state index contributed by atoms with van der Waals surface area (Å²) in [5, 5.41) is 6.34. The van der Waals surface area contributed by atoms with Gasteiger partial charge in [0.25, 0.3) is 5.91 Å². The number of carbonyl (C=O) groups excluding carboxylic acids is 1. The van der Waals surface area contributed by atoms with Crippen molar-refractivity contribution in [2.45, 2.75) is 25.8 Å².